The Hall–Kier alpha value is -3.33. The standard InChI is InChI=1S/C26H27F4N5.C4H10/c1-15-9-17(20(27)12-23(15)34-13-16(2)33(3)14-34)6-7-24-31-26-19(5-4-8-35(26)32-24)18-10-21(28)25(30)22(29)11-18;1-3-4-2/h6-7,9-13,19,26H,4-5,8,14H2,1-3H3,(H,31,32);3-4H2,1-2H3/b7-6+;. The van der Waals surface area contributed by atoms with E-state index in [2.05, 4.69) is 29.2 Å². The highest BCUT2D eigenvalue weighted by Crippen LogP contribution is 2.36. The van der Waals surface area contributed by atoms with Gasteiger partial charge in [-0.3, -0.25) is 0 Å². The largest absolute Gasteiger partial charge is 0.359 e. The zero-order valence-corrected chi connectivity index (χ0v) is 23.2. The van der Waals surface area contributed by atoms with Gasteiger partial charge in [0.1, 0.15) is 17.8 Å². The van der Waals surface area contributed by atoms with Crippen LogP contribution in [0.15, 0.2) is 47.2 Å². The summed E-state index contributed by atoms with van der Waals surface area (Å²) in [5.74, 6) is -3.97. The maximum Gasteiger partial charge on any atom is 0.194 e. The van der Waals surface area contributed by atoms with E-state index in [0.717, 1.165) is 35.5 Å². The number of aliphatic imine (C=N–C) groups is 1. The number of nitrogens with zero attached hydrogens (tertiary/aromatic N) is 4. The van der Waals surface area contributed by atoms with Crippen molar-refractivity contribution in [1.29, 1.82) is 0 Å². The molecule has 3 aliphatic rings. The molecule has 2 unspecified atom stereocenters. The summed E-state index contributed by atoms with van der Waals surface area (Å²) >= 11 is 0. The second-order valence-corrected chi connectivity index (χ2v) is 10.4. The lowest BCUT2D eigenvalue weighted by molar-refractivity contribution is 0.123. The van der Waals surface area contributed by atoms with Gasteiger partial charge in [-0.2, -0.15) is 5.01 Å². The van der Waals surface area contributed by atoms with E-state index >= 15 is 0 Å². The second kappa shape index (κ2) is 12.2. The third kappa shape index (κ3) is 6.30. The number of piperidine rings is 1. The van der Waals surface area contributed by atoms with Crippen LogP contribution in [-0.2, 0) is 0 Å². The molecule has 0 saturated carbocycles. The number of rotatable bonds is 5. The van der Waals surface area contributed by atoms with Gasteiger partial charge >= 0.3 is 0 Å². The summed E-state index contributed by atoms with van der Waals surface area (Å²) in [5, 5.41) is 1.90. The highest BCUT2D eigenvalue weighted by atomic mass is 19.2. The third-order valence-electron chi connectivity index (χ3n) is 7.41. The molecule has 1 saturated heterocycles. The van der Waals surface area contributed by atoms with Gasteiger partial charge in [-0.1, -0.05) is 26.7 Å². The van der Waals surface area contributed by atoms with Crippen LogP contribution in [0.25, 0.3) is 6.08 Å². The summed E-state index contributed by atoms with van der Waals surface area (Å²) in [4.78, 5) is 8.78. The van der Waals surface area contributed by atoms with Gasteiger partial charge in [0, 0.05) is 42.7 Å². The van der Waals surface area contributed by atoms with Crippen molar-refractivity contribution in [2.75, 3.05) is 25.2 Å². The molecule has 9 heteroatoms. The number of hydrogen-bond donors (Lipinski definition) is 1. The Labute approximate surface area is 228 Å². The van der Waals surface area contributed by atoms with E-state index in [1.165, 1.54) is 12.8 Å². The van der Waals surface area contributed by atoms with Crippen LogP contribution in [-0.4, -0.2) is 42.2 Å². The van der Waals surface area contributed by atoms with Gasteiger partial charge in [0.15, 0.2) is 17.5 Å². The Morgan fingerprint density at radius 1 is 0.974 bits per heavy atom. The molecule has 0 amide bonds. The molecule has 1 N–H and O–H groups in total. The van der Waals surface area contributed by atoms with Gasteiger partial charge in [0.25, 0.3) is 0 Å². The zero-order valence-electron chi connectivity index (χ0n) is 23.2. The number of benzene rings is 2. The fourth-order valence-electron chi connectivity index (χ4n) is 4.94. The van der Waals surface area contributed by atoms with Gasteiger partial charge in [0.05, 0.1) is 6.67 Å². The predicted molar refractivity (Wildman–Crippen MR) is 149 cm³/mol. The Kier molecular flexibility index (Phi) is 9.00. The molecule has 0 bridgehead atoms. The molecule has 210 valence electrons. The Morgan fingerprint density at radius 2 is 1.67 bits per heavy atom. The first kappa shape index (κ1) is 28.7. The fraction of sp³-hybridized carbons (Fsp3) is 0.433. The molecule has 0 aromatic heterocycles. The van der Waals surface area contributed by atoms with Gasteiger partial charge in [-0.15, -0.1) is 0 Å². The minimum atomic E-state index is -1.47. The molecule has 1 fully saturated rings. The summed E-state index contributed by atoms with van der Waals surface area (Å²) in [6.07, 6.45) is 9.08. The van der Waals surface area contributed by atoms with Crippen LogP contribution in [0.3, 0.4) is 0 Å². The van der Waals surface area contributed by atoms with Gasteiger partial charge in [-0.05, 0) is 74.2 Å². The van der Waals surface area contributed by atoms with Gasteiger partial charge in [-0.25, -0.2) is 22.6 Å². The lowest BCUT2D eigenvalue weighted by Gasteiger charge is -2.34. The van der Waals surface area contributed by atoms with E-state index in [4.69, 9.17) is 0 Å². The summed E-state index contributed by atoms with van der Waals surface area (Å²) in [6, 6.07) is 5.44. The zero-order chi connectivity index (χ0) is 28.3. The van der Waals surface area contributed by atoms with E-state index in [-0.39, 0.29) is 17.9 Å². The van der Waals surface area contributed by atoms with Gasteiger partial charge in [0.2, 0.25) is 0 Å². The molecule has 0 radical (unpaired) electrons. The lowest BCUT2D eigenvalue weighted by Crippen LogP contribution is -2.46. The molecule has 0 spiro atoms. The molecule has 39 heavy (non-hydrogen) atoms. The van der Waals surface area contributed by atoms with Crippen molar-refractivity contribution in [3.05, 3.63) is 82.2 Å². The molecule has 2 aromatic rings. The average molecular weight is 544 g/mol. The summed E-state index contributed by atoms with van der Waals surface area (Å²) in [7, 11) is 1.99. The summed E-state index contributed by atoms with van der Waals surface area (Å²) in [5.41, 5.74) is 6.89. The monoisotopic (exact) mass is 543 g/mol. The van der Waals surface area contributed by atoms with Crippen LogP contribution in [0.2, 0.25) is 0 Å². The topological polar surface area (TPSA) is 34.1 Å². The number of aryl methyl sites for hydroxylation is 1. The SMILES string of the molecule is CC1=CN(c2cc(F)c(/C=C/C3=NC4C(c5cc(F)c(F)c(F)c5)CCCN4N3)cc2C)CN1C.CCCC. The molecular weight excluding hydrogens is 506 g/mol. The first-order chi connectivity index (χ1) is 18.6. The number of nitrogens with one attached hydrogen (secondary N) is 1. The van der Waals surface area contributed by atoms with Crippen LogP contribution < -0.4 is 10.3 Å². The molecular formula is C30H37F4N5. The molecule has 0 aliphatic carbocycles. The minimum absolute atomic E-state index is 0.292. The van der Waals surface area contributed by atoms with Crippen molar-refractivity contribution in [1.82, 2.24) is 15.3 Å². The van der Waals surface area contributed by atoms with Crippen LogP contribution in [0.4, 0.5) is 23.2 Å². The quantitative estimate of drug-likeness (QED) is 0.323. The normalized spacial score (nSPS) is 20.9. The number of allylic oxidation sites excluding steroid dienone is 1. The fourth-order valence-corrected chi connectivity index (χ4v) is 4.94. The second-order valence-electron chi connectivity index (χ2n) is 10.4. The highest BCUT2D eigenvalue weighted by Gasteiger charge is 2.37. The predicted octanol–water partition coefficient (Wildman–Crippen LogP) is 7.06. The van der Waals surface area contributed by atoms with E-state index in [1.807, 2.05) is 37.0 Å². The van der Waals surface area contributed by atoms with Crippen LogP contribution in [0, 0.1) is 30.2 Å². The summed E-state index contributed by atoms with van der Waals surface area (Å²) in [6.45, 7) is 9.69. The number of halogens is 4. The average Bonchev–Trinajstić information content (AvgIpc) is 3.49. The third-order valence-corrected chi connectivity index (χ3v) is 7.41. The maximum absolute atomic E-state index is 15.0. The van der Waals surface area contributed by atoms with Gasteiger partial charge < -0.3 is 15.2 Å². The van der Waals surface area contributed by atoms with E-state index in [9.17, 15) is 17.6 Å². The van der Waals surface area contributed by atoms with E-state index in [1.54, 1.807) is 24.3 Å². The summed E-state index contributed by atoms with van der Waals surface area (Å²) < 4.78 is 56.0. The number of fused-ring (bicyclic) bond motifs is 1. The number of unbranched alkanes of at least 4 members (excludes halogenated alkanes) is 1. The van der Waals surface area contributed by atoms with Crippen LogP contribution in [0.5, 0.6) is 0 Å². The Morgan fingerprint density at radius 3 is 2.28 bits per heavy atom. The van der Waals surface area contributed by atoms with Crippen molar-refractivity contribution in [2.24, 2.45) is 4.99 Å². The number of hydrogen-bond acceptors (Lipinski definition) is 5. The highest BCUT2D eigenvalue weighted by molar-refractivity contribution is 5.97. The smallest absolute Gasteiger partial charge is 0.194 e. The number of hydrazine groups is 1. The van der Waals surface area contributed by atoms with E-state index < -0.39 is 17.5 Å². The molecule has 3 aliphatic heterocycles. The first-order valence-corrected chi connectivity index (χ1v) is 13.5. The lowest BCUT2D eigenvalue weighted by atomic mass is 9.88. The Balaban J connectivity index is 0.000000826. The van der Waals surface area contributed by atoms with Crippen molar-refractivity contribution in [2.45, 2.75) is 65.5 Å². The van der Waals surface area contributed by atoms with Crippen molar-refractivity contribution in [3.63, 3.8) is 0 Å². The van der Waals surface area contributed by atoms with Crippen molar-refractivity contribution < 1.29 is 17.6 Å². The maximum atomic E-state index is 15.0. The molecule has 3 heterocycles. The minimum Gasteiger partial charge on any atom is -0.359 e. The van der Waals surface area contributed by atoms with E-state index in [0.29, 0.717) is 36.6 Å². The van der Waals surface area contributed by atoms with Crippen molar-refractivity contribution in [3.8, 4) is 0 Å². The van der Waals surface area contributed by atoms with Crippen LogP contribution in [0.1, 0.15) is 69.1 Å². The molecule has 2 atom stereocenters. The first-order valence-electron chi connectivity index (χ1n) is 13.5. The Bertz CT molecular complexity index is 1260. The molecule has 2 aromatic carbocycles. The molecule has 5 nitrogen and oxygen atoms in total. The van der Waals surface area contributed by atoms with Crippen molar-refractivity contribution >= 4 is 17.6 Å². The number of anilines is 1. The molecule has 5 rings (SSSR count). The number of amidine groups is 1. The van der Waals surface area contributed by atoms with Crippen LogP contribution >= 0.6 is 0 Å².